The lowest BCUT2D eigenvalue weighted by atomic mass is 10.1. The Bertz CT molecular complexity index is 1710. The van der Waals surface area contributed by atoms with E-state index in [1.54, 1.807) is 0 Å². The molecule has 0 aliphatic heterocycles. The molecule has 0 saturated carbocycles. The molecule has 0 amide bonds. The van der Waals surface area contributed by atoms with Crippen molar-refractivity contribution in [3.63, 3.8) is 0 Å². The summed E-state index contributed by atoms with van der Waals surface area (Å²) in [4.78, 5) is 38.3. The van der Waals surface area contributed by atoms with Crippen LogP contribution in [0.4, 0.5) is 0 Å². The fourth-order valence-electron chi connectivity index (χ4n) is 8.35. The Labute approximate surface area is 480 Å². The maximum absolute atomic E-state index is 12.9. The molecule has 0 N–H and O–H groups in total. The monoisotopic (exact) mass is 1080 g/mol. The molecular weight excluding hydrogens is 961 g/mol. The van der Waals surface area contributed by atoms with E-state index in [-0.39, 0.29) is 31.1 Å². The number of esters is 3. The molecule has 1 atom stereocenters. The highest BCUT2D eigenvalue weighted by Gasteiger charge is 2.19. The second-order valence-corrected chi connectivity index (χ2v) is 20.5. The molecule has 78 heavy (non-hydrogen) atoms. The first-order chi connectivity index (χ1) is 38.5. The molecule has 6 nitrogen and oxygen atoms in total. The zero-order chi connectivity index (χ0) is 56.4. The molecule has 0 aromatic heterocycles. The van der Waals surface area contributed by atoms with E-state index in [0.29, 0.717) is 19.3 Å². The summed E-state index contributed by atoms with van der Waals surface area (Å²) in [5.41, 5.74) is 0. The van der Waals surface area contributed by atoms with Crippen LogP contribution in [0.1, 0.15) is 271 Å². The van der Waals surface area contributed by atoms with Crippen molar-refractivity contribution in [3.8, 4) is 0 Å². The van der Waals surface area contributed by atoms with Crippen molar-refractivity contribution in [1.82, 2.24) is 0 Å². The van der Waals surface area contributed by atoms with Gasteiger partial charge in [-0.1, -0.05) is 256 Å². The van der Waals surface area contributed by atoms with Crippen molar-refractivity contribution in [3.05, 3.63) is 146 Å². The van der Waals surface area contributed by atoms with Crippen LogP contribution in [0.2, 0.25) is 0 Å². The van der Waals surface area contributed by atoms with Crippen LogP contribution in [0.5, 0.6) is 0 Å². The highest BCUT2D eigenvalue weighted by molar-refractivity contribution is 5.71. The average molecular weight is 1080 g/mol. The Balaban J connectivity index is 4.38. The molecule has 6 heteroatoms. The second-order valence-electron chi connectivity index (χ2n) is 20.5. The van der Waals surface area contributed by atoms with Gasteiger partial charge in [0.2, 0.25) is 0 Å². The van der Waals surface area contributed by atoms with E-state index in [1.807, 2.05) is 0 Å². The van der Waals surface area contributed by atoms with Crippen LogP contribution in [0.15, 0.2) is 146 Å². The number of allylic oxidation sites excluding steroid dienone is 24. The molecule has 0 spiro atoms. The number of hydrogen-bond donors (Lipinski definition) is 0. The largest absolute Gasteiger partial charge is 0.462 e. The van der Waals surface area contributed by atoms with Crippen molar-refractivity contribution < 1.29 is 28.6 Å². The molecule has 0 aromatic rings. The Kier molecular flexibility index (Phi) is 60.9. The first-order valence-corrected chi connectivity index (χ1v) is 31.8. The Morgan fingerprint density at radius 2 is 0.500 bits per heavy atom. The summed E-state index contributed by atoms with van der Waals surface area (Å²) in [6, 6.07) is 0. The minimum Gasteiger partial charge on any atom is -0.462 e. The molecule has 0 aromatic carbocycles. The quantitative estimate of drug-likeness (QED) is 0.0261. The third kappa shape index (κ3) is 62.1. The third-order valence-corrected chi connectivity index (χ3v) is 13.1. The lowest BCUT2D eigenvalue weighted by Gasteiger charge is -2.18. The number of hydrogen-bond acceptors (Lipinski definition) is 6. The summed E-state index contributed by atoms with van der Waals surface area (Å²) >= 11 is 0. The predicted octanol–water partition coefficient (Wildman–Crippen LogP) is 21.9. The molecule has 0 aliphatic rings. The average Bonchev–Trinajstić information content (AvgIpc) is 3.44. The van der Waals surface area contributed by atoms with Crippen LogP contribution in [0.3, 0.4) is 0 Å². The molecule has 0 rings (SSSR count). The van der Waals surface area contributed by atoms with Crippen molar-refractivity contribution in [2.24, 2.45) is 0 Å². The Hall–Kier alpha value is -4.71. The maximum Gasteiger partial charge on any atom is 0.306 e. The minimum absolute atomic E-state index is 0.104. The number of unbranched alkanes of at least 4 members (excludes halogenated alkanes) is 21. The van der Waals surface area contributed by atoms with Gasteiger partial charge < -0.3 is 14.2 Å². The van der Waals surface area contributed by atoms with Gasteiger partial charge in [-0.05, 0) is 141 Å². The van der Waals surface area contributed by atoms with Gasteiger partial charge in [0.1, 0.15) is 13.2 Å². The molecule has 0 saturated heterocycles. The number of carbonyl (C=O) groups is 3. The Morgan fingerprint density at radius 1 is 0.269 bits per heavy atom. The van der Waals surface area contributed by atoms with Crippen LogP contribution in [-0.2, 0) is 28.6 Å². The maximum atomic E-state index is 12.9. The fourth-order valence-corrected chi connectivity index (χ4v) is 8.35. The molecule has 1 unspecified atom stereocenters. The summed E-state index contributed by atoms with van der Waals surface area (Å²) in [6.45, 7) is 6.34. The summed E-state index contributed by atoms with van der Waals surface area (Å²) in [6.07, 6.45) is 92.8. The van der Waals surface area contributed by atoms with Gasteiger partial charge in [0.25, 0.3) is 0 Å². The van der Waals surface area contributed by atoms with Crippen LogP contribution >= 0.6 is 0 Å². The molecular formula is C72H116O6. The highest BCUT2D eigenvalue weighted by atomic mass is 16.6. The molecule has 0 radical (unpaired) electrons. The summed E-state index contributed by atoms with van der Waals surface area (Å²) in [5.74, 6) is -0.966. The minimum atomic E-state index is -0.811. The fraction of sp³-hybridized carbons (Fsp3) is 0.625. The number of carbonyl (C=O) groups excluding carboxylic acids is 3. The topological polar surface area (TPSA) is 78.9 Å². The second kappa shape index (κ2) is 64.8. The first kappa shape index (κ1) is 73.3. The molecule has 0 aliphatic carbocycles. The highest BCUT2D eigenvalue weighted by Crippen LogP contribution is 2.15. The molecule has 0 fully saturated rings. The van der Waals surface area contributed by atoms with Crippen LogP contribution in [0.25, 0.3) is 0 Å². The van der Waals surface area contributed by atoms with Gasteiger partial charge in [-0.2, -0.15) is 0 Å². The van der Waals surface area contributed by atoms with Gasteiger partial charge in [-0.3, -0.25) is 14.4 Å². The van der Waals surface area contributed by atoms with Gasteiger partial charge in [0.05, 0.1) is 0 Å². The SMILES string of the molecule is CC/C=C\C/C=C\C/C=C\C/C=C\C/C=C\C/C=C\CCCCCCCCCCCCC(=O)OCC(COC(=O)CCCC/C=C\C/C=C\C/C=C\C/C=C\CC)OC(=O)CCCCCCC/C=C\C/C=C\CCCCCC. The normalized spacial score (nSPS) is 13.1. The molecule has 0 heterocycles. The van der Waals surface area contributed by atoms with E-state index in [0.717, 1.165) is 154 Å². The van der Waals surface area contributed by atoms with E-state index >= 15 is 0 Å². The van der Waals surface area contributed by atoms with Crippen molar-refractivity contribution in [1.29, 1.82) is 0 Å². The van der Waals surface area contributed by atoms with E-state index in [9.17, 15) is 14.4 Å². The summed E-state index contributed by atoms with van der Waals surface area (Å²) in [7, 11) is 0. The summed E-state index contributed by atoms with van der Waals surface area (Å²) in [5, 5.41) is 0. The van der Waals surface area contributed by atoms with Gasteiger partial charge in [-0.15, -0.1) is 0 Å². The van der Waals surface area contributed by atoms with E-state index < -0.39 is 6.10 Å². The van der Waals surface area contributed by atoms with Gasteiger partial charge in [-0.25, -0.2) is 0 Å². The zero-order valence-corrected chi connectivity index (χ0v) is 50.4. The standard InChI is InChI=1S/C72H116O6/c1-4-7-10-13-16-19-22-25-28-30-31-32-33-34-35-36-37-38-39-40-41-42-45-47-50-53-56-59-62-65-71(74)77-68-69(67-76-70(73)64-61-58-55-52-49-46-43-27-24-21-18-15-12-9-6-3)78-72(75)66-63-60-57-54-51-48-44-29-26-23-20-17-14-11-8-5-2/h7,9-10,12,16,18-21,23,25,27-29,31-32,34-35,37-38,43-44,49,52,69H,4-6,8,11,13-15,17,22,24,26,30,33,36,39-42,45-48,50-51,53-68H2,1-3H3/b10-7-,12-9-,19-16-,21-18-,23-20-,28-25-,32-31-,35-34-,38-37-,43-27-,44-29-,52-49-. The third-order valence-electron chi connectivity index (χ3n) is 13.1. The Morgan fingerprint density at radius 3 is 0.808 bits per heavy atom. The summed E-state index contributed by atoms with van der Waals surface area (Å²) < 4.78 is 16.9. The van der Waals surface area contributed by atoms with Gasteiger partial charge in [0.15, 0.2) is 6.10 Å². The van der Waals surface area contributed by atoms with Crippen LogP contribution in [0, 0.1) is 0 Å². The number of rotatable bonds is 56. The first-order valence-electron chi connectivity index (χ1n) is 31.8. The van der Waals surface area contributed by atoms with Crippen molar-refractivity contribution >= 4 is 17.9 Å². The number of ether oxygens (including phenoxy) is 3. The van der Waals surface area contributed by atoms with E-state index in [1.165, 1.54) is 77.0 Å². The zero-order valence-electron chi connectivity index (χ0n) is 50.4. The lowest BCUT2D eigenvalue weighted by molar-refractivity contribution is -0.167. The van der Waals surface area contributed by atoms with Gasteiger partial charge in [0, 0.05) is 19.3 Å². The van der Waals surface area contributed by atoms with Crippen LogP contribution < -0.4 is 0 Å². The van der Waals surface area contributed by atoms with Crippen molar-refractivity contribution in [2.75, 3.05) is 13.2 Å². The van der Waals surface area contributed by atoms with E-state index in [2.05, 4.69) is 167 Å². The predicted molar refractivity (Wildman–Crippen MR) is 339 cm³/mol. The molecule has 440 valence electrons. The van der Waals surface area contributed by atoms with Gasteiger partial charge >= 0.3 is 17.9 Å². The lowest BCUT2D eigenvalue weighted by Crippen LogP contribution is -2.30. The van der Waals surface area contributed by atoms with Crippen LogP contribution in [-0.4, -0.2) is 37.2 Å². The van der Waals surface area contributed by atoms with E-state index in [4.69, 9.17) is 14.2 Å². The molecule has 0 bridgehead atoms. The smallest absolute Gasteiger partial charge is 0.306 e. The van der Waals surface area contributed by atoms with Crippen molar-refractivity contribution in [2.45, 2.75) is 277 Å².